The van der Waals surface area contributed by atoms with E-state index in [0.717, 1.165) is 4.90 Å². The Morgan fingerprint density at radius 3 is 2.19 bits per heavy atom. The second-order valence-corrected chi connectivity index (χ2v) is 6.26. The van der Waals surface area contributed by atoms with Crippen LogP contribution < -0.4 is 4.74 Å². The first kappa shape index (κ1) is 18.6. The van der Waals surface area contributed by atoms with Gasteiger partial charge in [-0.05, 0) is 43.3 Å². The van der Waals surface area contributed by atoms with Crippen molar-refractivity contribution in [2.75, 3.05) is 20.2 Å². The van der Waals surface area contributed by atoms with Crippen LogP contribution in [0.25, 0.3) is 0 Å². The zero-order valence-corrected chi connectivity index (χ0v) is 15.0. The van der Waals surface area contributed by atoms with Crippen molar-refractivity contribution >= 4 is 17.7 Å². The molecule has 0 radical (unpaired) electrons. The highest BCUT2D eigenvalue weighted by atomic mass is 19.1. The van der Waals surface area contributed by atoms with Crippen LogP contribution in [0.2, 0.25) is 0 Å². The van der Waals surface area contributed by atoms with E-state index in [4.69, 9.17) is 4.74 Å². The summed E-state index contributed by atoms with van der Waals surface area (Å²) >= 11 is 0. The molecule has 27 heavy (non-hydrogen) atoms. The zero-order valence-electron chi connectivity index (χ0n) is 15.0. The molecule has 6 nitrogen and oxygen atoms in total. The van der Waals surface area contributed by atoms with Crippen LogP contribution in [0.4, 0.5) is 4.39 Å². The number of carbonyl (C=O) groups excluding carboxylic acids is 3. The minimum atomic E-state index is -0.923. The molecule has 1 aliphatic heterocycles. The molecular weight excluding hydrogens is 351 g/mol. The monoisotopic (exact) mass is 370 g/mol. The molecule has 2 aromatic rings. The lowest BCUT2D eigenvalue weighted by Crippen LogP contribution is -2.49. The van der Waals surface area contributed by atoms with Crippen molar-refractivity contribution in [1.29, 1.82) is 0 Å². The largest absolute Gasteiger partial charge is 0.492 e. The Bertz CT molecular complexity index is 847. The van der Waals surface area contributed by atoms with Crippen LogP contribution in [-0.4, -0.2) is 53.8 Å². The summed E-state index contributed by atoms with van der Waals surface area (Å²) in [6.07, 6.45) is 0. The van der Waals surface area contributed by atoms with Gasteiger partial charge >= 0.3 is 0 Å². The highest BCUT2D eigenvalue weighted by Crippen LogP contribution is 2.25. The van der Waals surface area contributed by atoms with Gasteiger partial charge in [0.2, 0.25) is 5.91 Å². The number of hydrogen-bond donors (Lipinski definition) is 0. The Morgan fingerprint density at radius 1 is 1.07 bits per heavy atom. The molecular formula is C20H19FN2O4. The van der Waals surface area contributed by atoms with Crippen molar-refractivity contribution in [3.63, 3.8) is 0 Å². The van der Waals surface area contributed by atoms with E-state index in [-0.39, 0.29) is 24.9 Å². The molecule has 1 atom stereocenters. The van der Waals surface area contributed by atoms with Crippen LogP contribution >= 0.6 is 0 Å². The van der Waals surface area contributed by atoms with E-state index in [1.807, 2.05) is 0 Å². The maximum Gasteiger partial charge on any atom is 0.262 e. The molecule has 3 amide bonds. The second kappa shape index (κ2) is 7.57. The van der Waals surface area contributed by atoms with Gasteiger partial charge in [-0.2, -0.15) is 0 Å². The normalized spacial score (nSPS) is 14.1. The number of likely N-dealkylation sites (N-methyl/N-ethyl adjacent to an activating group) is 1. The first-order valence-electron chi connectivity index (χ1n) is 8.50. The van der Waals surface area contributed by atoms with Crippen LogP contribution in [0.15, 0.2) is 48.5 Å². The standard InChI is InChI=1S/C20H19FN2O4/c1-13(23-19(25)16-5-3-4-6-17(16)20(23)26)18(24)22(2)11-12-27-15-9-7-14(21)8-10-15/h3-10,13H,11-12H2,1-2H3. The average Bonchev–Trinajstić information content (AvgIpc) is 2.93. The van der Waals surface area contributed by atoms with Gasteiger partial charge in [0.15, 0.2) is 0 Å². The molecule has 1 unspecified atom stereocenters. The Morgan fingerprint density at radius 2 is 1.63 bits per heavy atom. The lowest BCUT2D eigenvalue weighted by atomic mass is 10.1. The van der Waals surface area contributed by atoms with Gasteiger partial charge in [0.1, 0.15) is 24.2 Å². The van der Waals surface area contributed by atoms with E-state index in [2.05, 4.69) is 0 Å². The SMILES string of the molecule is CC(C(=O)N(C)CCOc1ccc(F)cc1)N1C(=O)c2ccccc2C1=O. The van der Waals surface area contributed by atoms with Crippen LogP contribution in [0.3, 0.4) is 0 Å². The fourth-order valence-corrected chi connectivity index (χ4v) is 2.93. The van der Waals surface area contributed by atoms with E-state index in [9.17, 15) is 18.8 Å². The summed E-state index contributed by atoms with van der Waals surface area (Å²) in [5, 5.41) is 0. The summed E-state index contributed by atoms with van der Waals surface area (Å²) in [5.41, 5.74) is 0.619. The Labute approximate surface area is 156 Å². The summed E-state index contributed by atoms with van der Waals surface area (Å²) in [6, 6.07) is 11.2. The topological polar surface area (TPSA) is 66.9 Å². The van der Waals surface area contributed by atoms with Gasteiger partial charge in [0.05, 0.1) is 17.7 Å². The van der Waals surface area contributed by atoms with Crippen molar-refractivity contribution in [1.82, 2.24) is 9.80 Å². The summed E-state index contributed by atoms with van der Waals surface area (Å²) in [6.45, 7) is 1.98. The molecule has 0 saturated heterocycles. The molecule has 3 rings (SSSR count). The molecule has 0 N–H and O–H groups in total. The Kier molecular flexibility index (Phi) is 5.21. The number of imide groups is 1. The third-order valence-corrected chi connectivity index (χ3v) is 4.46. The molecule has 0 aliphatic carbocycles. The van der Waals surface area contributed by atoms with Crippen LogP contribution in [0, 0.1) is 5.82 Å². The quantitative estimate of drug-likeness (QED) is 0.732. The van der Waals surface area contributed by atoms with E-state index in [1.54, 1.807) is 31.3 Å². The van der Waals surface area contributed by atoms with Gasteiger partial charge < -0.3 is 9.64 Å². The van der Waals surface area contributed by atoms with E-state index >= 15 is 0 Å². The highest BCUT2D eigenvalue weighted by Gasteiger charge is 2.41. The molecule has 1 heterocycles. The van der Waals surface area contributed by atoms with Gasteiger partial charge in [0, 0.05) is 7.05 Å². The molecule has 0 fully saturated rings. The van der Waals surface area contributed by atoms with Gasteiger partial charge in [0.25, 0.3) is 11.8 Å². The van der Waals surface area contributed by atoms with Crippen molar-refractivity contribution < 1.29 is 23.5 Å². The number of ether oxygens (including phenoxy) is 1. The number of rotatable bonds is 6. The smallest absolute Gasteiger partial charge is 0.262 e. The minimum Gasteiger partial charge on any atom is -0.492 e. The van der Waals surface area contributed by atoms with Crippen molar-refractivity contribution in [2.45, 2.75) is 13.0 Å². The van der Waals surface area contributed by atoms with E-state index in [0.29, 0.717) is 16.9 Å². The summed E-state index contributed by atoms with van der Waals surface area (Å²) < 4.78 is 18.3. The fourth-order valence-electron chi connectivity index (χ4n) is 2.93. The Hall–Kier alpha value is -3.22. The average molecular weight is 370 g/mol. The van der Waals surface area contributed by atoms with Gasteiger partial charge in [-0.25, -0.2) is 4.39 Å². The second-order valence-electron chi connectivity index (χ2n) is 6.26. The molecule has 2 aromatic carbocycles. The lowest BCUT2D eigenvalue weighted by molar-refractivity contribution is -0.133. The van der Waals surface area contributed by atoms with Crippen LogP contribution in [0.5, 0.6) is 5.75 Å². The molecule has 1 aliphatic rings. The number of nitrogens with zero attached hydrogens (tertiary/aromatic N) is 2. The van der Waals surface area contributed by atoms with Crippen LogP contribution in [-0.2, 0) is 4.79 Å². The Balaban J connectivity index is 1.59. The maximum atomic E-state index is 12.9. The number of amides is 3. The number of benzene rings is 2. The van der Waals surface area contributed by atoms with E-state index < -0.39 is 17.9 Å². The number of hydrogen-bond acceptors (Lipinski definition) is 4. The number of carbonyl (C=O) groups is 3. The van der Waals surface area contributed by atoms with Gasteiger partial charge in [-0.3, -0.25) is 19.3 Å². The van der Waals surface area contributed by atoms with Crippen molar-refractivity contribution in [2.24, 2.45) is 0 Å². The molecule has 0 spiro atoms. The lowest BCUT2D eigenvalue weighted by Gasteiger charge is -2.26. The third-order valence-electron chi connectivity index (χ3n) is 4.46. The summed E-state index contributed by atoms with van der Waals surface area (Å²) in [4.78, 5) is 40.0. The van der Waals surface area contributed by atoms with Crippen molar-refractivity contribution in [3.05, 3.63) is 65.5 Å². The minimum absolute atomic E-state index is 0.197. The summed E-state index contributed by atoms with van der Waals surface area (Å²) in [5.74, 6) is -1.16. The van der Waals surface area contributed by atoms with E-state index in [1.165, 1.54) is 36.1 Å². The molecule has 0 aromatic heterocycles. The maximum absolute atomic E-state index is 12.9. The number of fused-ring (bicyclic) bond motifs is 1. The zero-order chi connectivity index (χ0) is 19.6. The third kappa shape index (κ3) is 3.67. The van der Waals surface area contributed by atoms with Crippen LogP contribution in [0.1, 0.15) is 27.6 Å². The van der Waals surface area contributed by atoms with Gasteiger partial charge in [-0.15, -0.1) is 0 Å². The number of halogens is 1. The molecule has 7 heteroatoms. The molecule has 0 bridgehead atoms. The van der Waals surface area contributed by atoms with Crippen molar-refractivity contribution in [3.8, 4) is 5.75 Å². The highest BCUT2D eigenvalue weighted by molar-refractivity contribution is 6.22. The predicted molar refractivity (Wildman–Crippen MR) is 95.9 cm³/mol. The fraction of sp³-hybridized carbons (Fsp3) is 0.250. The first-order chi connectivity index (χ1) is 12.9. The molecule has 140 valence electrons. The first-order valence-corrected chi connectivity index (χ1v) is 8.50. The predicted octanol–water partition coefficient (Wildman–Crippen LogP) is 2.35. The summed E-state index contributed by atoms with van der Waals surface area (Å²) in [7, 11) is 1.57. The van der Waals surface area contributed by atoms with Gasteiger partial charge in [-0.1, -0.05) is 12.1 Å². The molecule has 0 saturated carbocycles.